The summed E-state index contributed by atoms with van der Waals surface area (Å²) in [4.78, 5) is 37.9. The molecule has 0 rings (SSSR count). The van der Waals surface area contributed by atoms with Gasteiger partial charge in [0.05, 0.1) is 0 Å². The van der Waals surface area contributed by atoms with Gasteiger partial charge >= 0.3 is 17.9 Å². The fourth-order valence-corrected chi connectivity index (χ4v) is 8.81. The molecule has 0 radical (unpaired) electrons. The van der Waals surface area contributed by atoms with Gasteiger partial charge in [0.15, 0.2) is 6.10 Å². The third kappa shape index (κ3) is 57.9. The highest BCUT2D eigenvalue weighted by Crippen LogP contribution is 2.17. The van der Waals surface area contributed by atoms with Crippen molar-refractivity contribution in [2.45, 2.75) is 322 Å². The molecular weight excluding hydrogens is 877 g/mol. The summed E-state index contributed by atoms with van der Waals surface area (Å²) in [6, 6.07) is 0. The first-order valence-corrected chi connectivity index (χ1v) is 30.8. The Labute approximate surface area is 440 Å². The Hall–Kier alpha value is -2.89. The Kier molecular flexibility index (Phi) is 57.2. The first kappa shape index (κ1) is 68.1. The quantitative estimate of drug-likeness (QED) is 0.0261. The molecule has 6 heteroatoms. The SMILES string of the molecule is CCC/C=C\CCCCCCCC(=O)OCC(COC(=O)CCCCCCCCCCCCCCCCCCCC/C=C\C/C=C\C/C=C\CCCCCCC)OC(=O)CCCCCCC/C=C\CCC. The lowest BCUT2D eigenvalue weighted by molar-refractivity contribution is -0.167. The molecule has 0 aliphatic carbocycles. The van der Waals surface area contributed by atoms with E-state index in [2.05, 4.69) is 81.5 Å². The number of rotatable bonds is 56. The van der Waals surface area contributed by atoms with E-state index in [4.69, 9.17) is 14.2 Å². The zero-order valence-electron chi connectivity index (χ0n) is 47.2. The summed E-state index contributed by atoms with van der Waals surface area (Å²) >= 11 is 0. The molecular formula is C65H116O6. The Balaban J connectivity index is 3.98. The van der Waals surface area contributed by atoms with Crippen molar-refractivity contribution in [2.24, 2.45) is 0 Å². The van der Waals surface area contributed by atoms with E-state index in [-0.39, 0.29) is 31.1 Å². The van der Waals surface area contributed by atoms with Gasteiger partial charge in [-0.3, -0.25) is 14.4 Å². The maximum absolute atomic E-state index is 12.8. The van der Waals surface area contributed by atoms with Gasteiger partial charge in [-0.2, -0.15) is 0 Å². The van der Waals surface area contributed by atoms with Gasteiger partial charge in [0.1, 0.15) is 13.2 Å². The van der Waals surface area contributed by atoms with E-state index in [0.29, 0.717) is 19.3 Å². The van der Waals surface area contributed by atoms with Gasteiger partial charge in [-0.25, -0.2) is 0 Å². The van der Waals surface area contributed by atoms with Gasteiger partial charge < -0.3 is 14.2 Å². The van der Waals surface area contributed by atoms with Gasteiger partial charge in [0.25, 0.3) is 0 Å². The van der Waals surface area contributed by atoms with Gasteiger partial charge in [0, 0.05) is 19.3 Å². The molecule has 0 heterocycles. The molecule has 1 atom stereocenters. The van der Waals surface area contributed by atoms with Crippen LogP contribution < -0.4 is 0 Å². The minimum atomic E-state index is -0.778. The third-order valence-electron chi connectivity index (χ3n) is 13.4. The summed E-state index contributed by atoms with van der Waals surface area (Å²) in [5.74, 6) is -0.891. The topological polar surface area (TPSA) is 78.9 Å². The number of carbonyl (C=O) groups excluding carboxylic acids is 3. The third-order valence-corrected chi connectivity index (χ3v) is 13.4. The summed E-state index contributed by atoms with van der Waals surface area (Å²) in [5.41, 5.74) is 0. The molecule has 0 saturated heterocycles. The van der Waals surface area contributed by atoms with Gasteiger partial charge in [-0.1, -0.05) is 261 Å². The molecule has 0 spiro atoms. The summed E-state index contributed by atoms with van der Waals surface area (Å²) in [7, 11) is 0. The van der Waals surface area contributed by atoms with Crippen LogP contribution in [0.2, 0.25) is 0 Å². The molecule has 0 aromatic carbocycles. The molecule has 0 aromatic rings. The van der Waals surface area contributed by atoms with E-state index in [1.165, 1.54) is 173 Å². The lowest BCUT2D eigenvalue weighted by atomic mass is 10.0. The van der Waals surface area contributed by atoms with Crippen LogP contribution in [0.5, 0.6) is 0 Å². The molecule has 0 bridgehead atoms. The number of allylic oxidation sites excluding steroid dienone is 10. The number of ether oxygens (including phenoxy) is 3. The average molecular weight is 994 g/mol. The molecule has 0 aliphatic heterocycles. The van der Waals surface area contributed by atoms with E-state index >= 15 is 0 Å². The van der Waals surface area contributed by atoms with Crippen LogP contribution in [0.25, 0.3) is 0 Å². The Morgan fingerprint density at radius 2 is 0.535 bits per heavy atom. The minimum Gasteiger partial charge on any atom is -0.462 e. The van der Waals surface area contributed by atoms with E-state index in [1.807, 2.05) is 0 Å². The lowest BCUT2D eigenvalue weighted by Gasteiger charge is -2.18. The molecule has 71 heavy (non-hydrogen) atoms. The predicted molar refractivity (Wildman–Crippen MR) is 307 cm³/mol. The molecule has 0 aliphatic rings. The van der Waals surface area contributed by atoms with Crippen LogP contribution in [0.3, 0.4) is 0 Å². The van der Waals surface area contributed by atoms with Crippen LogP contribution in [0, 0.1) is 0 Å². The Bertz CT molecular complexity index is 1280. The molecule has 0 amide bonds. The molecule has 0 saturated carbocycles. The molecule has 0 fully saturated rings. The number of hydrogen-bond acceptors (Lipinski definition) is 6. The van der Waals surface area contributed by atoms with Crippen molar-refractivity contribution in [3.63, 3.8) is 0 Å². The van der Waals surface area contributed by atoms with Crippen LogP contribution in [-0.2, 0) is 28.6 Å². The Morgan fingerprint density at radius 1 is 0.282 bits per heavy atom. The molecule has 412 valence electrons. The molecule has 0 N–H and O–H groups in total. The van der Waals surface area contributed by atoms with E-state index < -0.39 is 6.10 Å². The first-order chi connectivity index (χ1) is 35.0. The highest BCUT2D eigenvalue weighted by atomic mass is 16.6. The monoisotopic (exact) mass is 993 g/mol. The Morgan fingerprint density at radius 3 is 0.859 bits per heavy atom. The predicted octanol–water partition coefficient (Wildman–Crippen LogP) is 20.8. The second-order valence-corrected chi connectivity index (χ2v) is 20.6. The maximum atomic E-state index is 12.8. The fraction of sp³-hybridized carbons (Fsp3) is 0.800. The van der Waals surface area contributed by atoms with Crippen LogP contribution in [-0.4, -0.2) is 37.2 Å². The van der Waals surface area contributed by atoms with Crippen LogP contribution in [0.4, 0.5) is 0 Å². The van der Waals surface area contributed by atoms with Gasteiger partial charge in [-0.05, 0) is 96.3 Å². The van der Waals surface area contributed by atoms with Crippen molar-refractivity contribution < 1.29 is 28.6 Å². The standard InChI is InChI=1S/C65H116O6/c1-4-7-10-13-16-19-22-23-24-25-26-27-28-29-30-31-32-33-34-35-36-37-38-39-40-41-42-43-44-47-49-52-55-58-64(67)70-61-62(71-65(68)59-56-53-50-46-21-18-15-12-9-6-3)60-69-63(66)57-54-51-48-45-20-17-14-11-8-5-2/h11-12,14-15,22-23,25-26,28-29,62H,4-10,13,16-21,24,27,30-61H2,1-3H3/b14-11-,15-12-,23-22-,26-25-,29-28-. The van der Waals surface area contributed by atoms with E-state index in [1.54, 1.807) is 0 Å². The van der Waals surface area contributed by atoms with E-state index in [9.17, 15) is 14.4 Å². The minimum absolute atomic E-state index is 0.0777. The molecule has 1 unspecified atom stereocenters. The summed E-state index contributed by atoms with van der Waals surface area (Å²) in [5, 5.41) is 0. The highest BCUT2D eigenvalue weighted by Gasteiger charge is 2.19. The normalized spacial score (nSPS) is 12.4. The van der Waals surface area contributed by atoms with E-state index in [0.717, 1.165) is 103 Å². The van der Waals surface area contributed by atoms with Gasteiger partial charge in [-0.15, -0.1) is 0 Å². The fourth-order valence-electron chi connectivity index (χ4n) is 8.81. The number of esters is 3. The van der Waals surface area contributed by atoms with Crippen molar-refractivity contribution >= 4 is 17.9 Å². The van der Waals surface area contributed by atoms with Gasteiger partial charge in [0.2, 0.25) is 0 Å². The van der Waals surface area contributed by atoms with Crippen LogP contribution >= 0.6 is 0 Å². The number of unbranched alkanes of at least 4 members (excludes halogenated alkanes) is 35. The zero-order chi connectivity index (χ0) is 51.4. The van der Waals surface area contributed by atoms with Crippen molar-refractivity contribution in [1.29, 1.82) is 0 Å². The van der Waals surface area contributed by atoms with Crippen molar-refractivity contribution in [3.8, 4) is 0 Å². The molecule has 6 nitrogen and oxygen atoms in total. The zero-order valence-corrected chi connectivity index (χ0v) is 47.2. The second-order valence-electron chi connectivity index (χ2n) is 20.6. The first-order valence-electron chi connectivity index (χ1n) is 30.8. The summed E-state index contributed by atoms with van der Waals surface area (Å²) < 4.78 is 16.8. The number of carbonyl (C=O) groups is 3. The van der Waals surface area contributed by atoms with Crippen LogP contribution in [0.15, 0.2) is 60.8 Å². The van der Waals surface area contributed by atoms with Crippen molar-refractivity contribution in [3.05, 3.63) is 60.8 Å². The largest absolute Gasteiger partial charge is 0.462 e. The van der Waals surface area contributed by atoms with Crippen molar-refractivity contribution in [2.75, 3.05) is 13.2 Å². The lowest BCUT2D eigenvalue weighted by Crippen LogP contribution is -2.30. The average Bonchev–Trinajstić information content (AvgIpc) is 3.37. The summed E-state index contributed by atoms with van der Waals surface area (Å²) in [6.07, 6.45) is 75.5. The van der Waals surface area contributed by atoms with Crippen LogP contribution in [0.1, 0.15) is 316 Å². The highest BCUT2D eigenvalue weighted by molar-refractivity contribution is 5.71. The smallest absolute Gasteiger partial charge is 0.306 e. The second kappa shape index (κ2) is 59.7. The van der Waals surface area contributed by atoms with Crippen molar-refractivity contribution in [1.82, 2.24) is 0 Å². The summed E-state index contributed by atoms with van der Waals surface area (Å²) in [6.45, 7) is 6.51. The maximum Gasteiger partial charge on any atom is 0.306 e. The molecule has 0 aromatic heterocycles. The number of hydrogen-bond donors (Lipinski definition) is 0.